The predicted molar refractivity (Wildman–Crippen MR) is 245 cm³/mol. The molecule has 1 unspecified atom stereocenters. The van der Waals surface area contributed by atoms with Gasteiger partial charge in [0, 0.05) is 0 Å². The molecule has 58 heavy (non-hydrogen) atoms. The normalized spacial score (nSPS) is 14.9. The standard InChI is InChI=1S/C23H17.C21H25.C13H10.Hf/c1-3-9-18(10-4-1)21-15-22(19-11-5-2-6-12-19)17-23(16-21)20-13-7-8-14-20;1-20(2,3)16-7-9-18-14(12-16)11-15-13-17(21(4,5)6)8-10-19(15)18;1-3-7-12(8-4-1)11-13-9-5-2-6-10-13;/h1-17H;7-13H,1-6H3;1-10H;. The van der Waals surface area contributed by atoms with Crippen molar-refractivity contribution in [3.05, 3.63) is 233 Å². The summed E-state index contributed by atoms with van der Waals surface area (Å²) in [6.07, 6.45) is 7.43. The van der Waals surface area contributed by atoms with E-state index in [0.29, 0.717) is 7.35 Å². The van der Waals surface area contributed by atoms with Crippen LogP contribution in [0.3, 0.4) is 0 Å². The first kappa shape index (κ1) is 38.3. The van der Waals surface area contributed by atoms with E-state index in [9.17, 15) is 0 Å². The van der Waals surface area contributed by atoms with Crippen LogP contribution in [-0.4, -0.2) is 3.26 Å². The van der Waals surface area contributed by atoms with Crippen molar-refractivity contribution in [2.45, 2.75) is 59.7 Å². The minimum absolute atomic E-state index is 0.0335. The van der Waals surface area contributed by atoms with Gasteiger partial charge < -0.3 is 0 Å². The molecule has 0 N–H and O–H groups in total. The van der Waals surface area contributed by atoms with Crippen LogP contribution in [0.15, 0.2) is 194 Å². The first-order chi connectivity index (χ1) is 28.0. The Morgan fingerprint density at radius 3 is 1.28 bits per heavy atom. The van der Waals surface area contributed by atoms with Gasteiger partial charge in [0.25, 0.3) is 0 Å². The van der Waals surface area contributed by atoms with Crippen molar-refractivity contribution in [1.29, 1.82) is 0 Å². The molecule has 284 valence electrons. The number of allylic oxidation sites excluding steroid dienone is 4. The fraction of sp³-hybridized carbons (Fsp3) is 0.175. The van der Waals surface area contributed by atoms with E-state index in [0.717, 1.165) is 0 Å². The van der Waals surface area contributed by atoms with Gasteiger partial charge in [-0.1, -0.05) is 0 Å². The number of benzene rings is 7. The van der Waals surface area contributed by atoms with Crippen LogP contribution in [0.2, 0.25) is 3.67 Å². The predicted octanol–water partition coefficient (Wildman–Crippen LogP) is 15.0. The van der Waals surface area contributed by atoms with Gasteiger partial charge in [-0.3, -0.25) is 0 Å². The van der Waals surface area contributed by atoms with E-state index in [-0.39, 0.29) is 10.8 Å². The summed E-state index contributed by atoms with van der Waals surface area (Å²) in [5.41, 5.74) is 19.3. The van der Waals surface area contributed by atoms with Crippen molar-refractivity contribution in [3.63, 3.8) is 0 Å². The Balaban J connectivity index is 1.36. The van der Waals surface area contributed by atoms with Gasteiger partial charge in [-0.2, -0.15) is 0 Å². The molecule has 0 radical (unpaired) electrons. The van der Waals surface area contributed by atoms with Crippen molar-refractivity contribution < 1.29 is 21.0 Å². The SMILES string of the molecule is CC(C)(C)c1ccc2c(c1)[CH]([Hf](=[C](c1ccccc1)c1ccccc1)[CH]1C=CC=C1c1cc(-c3ccccc3)cc(-c3ccccc3)c1)c1cc(C(C)(C)C)ccc1-2. The van der Waals surface area contributed by atoms with E-state index in [4.69, 9.17) is 0 Å². The molecule has 0 bridgehead atoms. The molecular weight excluding hydrogens is 863 g/mol. The van der Waals surface area contributed by atoms with Crippen LogP contribution in [0, 0.1) is 0 Å². The summed E-state index contributed by atoms with van der Waals surface area (Å²) in [5, 5.41) is 0. The zero-order chi connectivity index (χ0) is 40.0. The van der Waals surface area contributed by atoms with E-state index in [1.807, 2.05) is 0 Å². The molecule has 0 fully saturated rings. The maximum absolute atomic E-state index is 3.37. The van der Waals surface area contributed by atoms with E-state index >= 15 is 0 Å². The third-order valence-electron chi connectivity index (χ3n) is 12.2. The molecule has 0 heterocycles. The van der Waals surface area contributed by atoms with Gasteiger partial charge in [0.2, 0.25) is 0 Å². The van der Waals surface area contributed by atoms with Crippen LogP contribution in [-0.2, 0) is 31.8 Å². The molecule has 1 heteroatoms. The molecule has 0 spiro atoms. The molecule has 2 aliphatic rings. The third-order valence-corrected chi connectivity index (χ3v) is 25.0. The second-order valence-corrected chi connectivity index (χ2v) is 27.5. The second-order valence-electron chi connectivity index (χ2n) is 18.1. The monoisotopic (exact) mass is 916 g/mol. The van der Waals surface area contributed by atoms with Gasteiger partial charge >= 0.3 is 356 Å². The van der Waals surface area contributed by atoms with Gasteiger partial charge in [-0.25, -0.2) is 0 Å². The van der Waals surface area contributed by atoms with E-state index in [2.05, 4.69) is 236 Å². The molecule has 0 amide bonds. The zero-order valence-corrected chi connectivity index (χ0v) is 38.2. The van der Waals surface area contributed by atoms with Crippen molar-refractivity contribution >= 4 is 8.83 Å². The number of hydrogen-bond acceptors (Lipinski definition) is 0. The molecule has 7 aromatic carbocycles. The quantitative estimate of drug-likeness (QED) is 0.140. The Morgan fingerprint density at radius 2 is 0.845 bits per heavy atom. The number of rotatable bonds is 7. The average Bonchev–Trinajstić information content (AvgIpc) is 3.86. The van der Waals surface area contributed by atoms with Gasteiger partial charge in [0.15, 0.2) is 0 Å². The summed E-state index contributed by atoms with van der Waals surface area (Å²) in [5.74, 6) is 0. The Morgan fingerprint density at radius 1 is 0.431 bits per heavy atom. The molecule has 2 aliphatic carbocycles. The summed E-state index contributed by atoms with van der Waals surface area (Å²) in [6, 6.07) is 66.9. The summed E-state index contributed by atoms with van der Waals surface area (Å²) < 4.78 is 2.22. The van der Waals surface area contributed by atoms with Crippen molar-refractivity contribution in [1.82, 2.24) is 0 Å². The number of fused-ring (bicyclic) bond motifs is 3. The summed E-state index contributed by atoms with van der Waals surface area (Å²) in [7, 11) is 0. The van der Waals surface area contributed by atoms with Gasteiger partial charge in [-0.15, -0.1) is 0 Å². The number of hydrogen-bond donors (Lipinski definition) is 0. The second kappa shape index (κ2) is 15.5. The molecule has 0 aromatic heterocycles. The van der Waals surface area contributed by atoms with E-state index in [1.165, 1.54) is 77.9 Å². The molecule has 0 saturated heterocycles. The van der Waals surface area contributed by atoms with E-state index in [1.54, 1.807) is 3.26 Å². The third kappa shape index (κ3) is 7.35. The Bertz CT molecular complexity index is 2540. The average molecular weight is 916 g/mol. The van der Waals surface area contributed by atoms with Gasteiger partial charge in [0.1, 0.15) is 0 Å². The Kier molecular flexibility index (Phi) is 10.2. The molecule has 7 aromatic rings. The molecular formula is C57H52Hf. The Hall–Kier alpha value is -5.24. The van der Waals surface area contributed by atoms with E-state index < -0.39 is 21.0 Å². The molecule has 0 saturated carbocycles. The summed E-state index contributed by atoms with van der Waals surface area (Å²) in [4.78, 5) is 0. The fourth-order valence-electron chi connectivity index (χ4n) is 9.13. The van der Waals surface area contributed by atoms with Gasteiger partial charge in [0.05, 0.1) is 0 Å². The summed E-state index contributed by atoms with van der Waals surface area (Å²) in [6.45, 7) is 14.2. The van der Waals surface area contributed by atoms with Crippen molar-refractivity contribution in [3.8, 4) is 33.4 Å². The van der Waals surface area contributed by atoms with Crippen molar-refractivity contribution in [2.75, 3.05) is 0 Å². The molecule has 1 atom stereocenters. The van der Waals surface area contributed by atoms with Crippen molar-refractivity contribution in [2.24, 2.45) is 0 Å². The molecule has 0 nitrogen and oxygen atoms in total. The van der Waals surface area contributed by atoms with Crippen LogP contribution in [0.4, 0.5) is 0 Å². The topological polar surface area (TPSA) is 0 Å². The van der Waals surface area contributed by atoms with Crippen LogP contribution >= 0.6 is 0 Å². The van der Waals surface area contributed by atoms with Crippen LogP contribution < -0.4 is 0 Å². The van der Waals surface area contributed by atoms with Gasteiger partial charge in [-0.05, 0) is 0 Å². The minimum atomic E-state index is -3.37. The maximum atomic E-state index is 2.61. The molecule has 0 aliphatic heterocycles. The summed E-state index contributed by atoms with van der Waals surface area (Å²) >= 11 is -3.37. The van der Waals surface area contributed by atoms with Crippen LogP contribution in [0.5, 0.6) is 0 Å². The fourth-order valence-corrected chi connectivity index (χ4v) is 23.6. The van der Waals surface area contributed by atoms with Crippen LogP contribution in [0.1, 0.15) is 84.2 Å². The first-order valence-electron chi connectivity index (χ1n) is 20.8. The zero-order valence-electron chi connectivity index (χ0n) is 34.6. The van der Waals surface area contributed by atoms with Crippen LogP contribution in [0.25, 0.3) is 39.0 Å². The first-order valence-corrected chi connectivity index (χ1v) is 26.8. The Labute approximate surface area is 353 Å². The molecule has 9 rings (SSSR count).